The first-order valence-corrected chi connectivity index (χ1v) is 15.0. The van der Waals surface area contributed by atoms with E-state index in [1.807, 2.05) is 13.8 Å². The minimum Gasteiger partial charge on any atom is -0.459 e. The summed E-state index contributed by atoms with van der Waals surface area (Å²) in [6.07, 6.45) is 12.8. The van der Waals surface area contributed by atoms with Gasteiger partial charge in [-0.2, -0.15) is 0 Å². The lowest BCUT2D eigenvalue weighted by Crippen LogP contribution is -2.50. The summed E-state index contributed by atoms with van der Waals surface area (Å²) < 4.78 is 23.3. The molecule has 0 bridgehead atoms. The molecular weight excluding hydrogens is 526 g/mol. The molecule has 10 nitrogen and oxygen atoms in total. The van der Waals surface area contributed by atoms with E-state index in [0.29, 0.717) is 13.1 Å². The highest BCUT2D eigenvalue weighted by Gasteiger charge is 2.51. The third kappa shape index (κ3) is 11.2. The molecule has 8 atom stereocenters. The zero-order valence-corrected chi connectivity index (χ0v) is 25.4. The summed E-state index contributed by atoms with van der Waals surface area (Å²) in [5.74, 6) is -0.339. The summed E-state index contributed by atoms with van der Waals surface area (Å²) >= 11 is 0. The van der Waals surface area contributed by atoms with Gasteiger partial charge in [0.1, 0.15) is 6.10 Å². The molecule has 230 valence electrons. The molecule has 0 aromatic carbocycles. The van der Waals surface area contributed by atoms with Gasteiger partial charge in [0.25, 0.3) is 0 Å². The molecule has 3 rings (SSSR count). The number of urea groups is 1. The van der Waals surface area contributed by atoms with Crippen LogP contribution in [0.1, 0.15) is 73.6 Å². The molecule has 0 aliphatic carbocycles. The highest BCUT2D eigenvalue weighted by molar-refractivity contribution is 5.87. The summed E-state index contributed by atoms with van der Waals surface area (Å²) in [4.78, 5) is 35.3. The average molecular weight is 576 g/mol. The molecule has 3 aliphatic rings. The normalized spacial score (nSPS) is 32.6. The predicted molar refractivity (Wildman–Crippen MR) is 156 cm³/mol. The topological polar surface area (TPSA) is 128 Å². The number of carbonyl (C=O) groups is 3. The molecule has 0 aromatic heterocycles. The Morgan fingerprint density at radius 3 is 2.54 bits per heavy atom. The van der Waals surface area contributed by atoms with Gasteiger partial charge in [-0.25, -0.2) is 4.79 Å². The van der Waals surface area contributed by atoms with E-state index in [-0.39, 0.29) is 59.9 Å². The first-order valence-electron chi connectivity index (χ1n) is 15.0. The fourth-order valence-corrected chi connectivity index (χ4v) is 5.38. The van der Waals surface area contributed by atoms with Crippen molar-refractivity contribution in [1.82, 2.24) is 16.0 Å². The van der Waals surface area contributed by atoms with Crippen LogP contribution < -0.4 is 16.0 Å². The molecule has 3 fully saturated rings. The third-order valence-corrected chi connectivity index (χ3v) is 7.78. The molecule has 10 heteroatoms. The lowest BCUT2D eigenvalue weighted by molar-refractivity contribution is -0.143. The standard InChI is InChI=1S/C31H49N3O7/c1-7-14-32-30(37)33-18-26-17-31(19-38-31)16-25(41-26)11-8-20(2)9-12-28-21(3)15-27(23(5)40-28)34-29(36)13-10-22(4)39-24(6)35/h8-11,13,21-23,25-28H,7,12,14-19H2,1-6H3,(H,34,36)(H2,32,33,37)/b11-8+,13-10-,20-9+/t21-,22-,23+,25+,26-,27+,28-,31+/m0/s1. The van der Waals surface area contributed by atoms with Crippen LogP contribution in [-0.4, -0.2) is 79.8 Å². The number of allylic oxidation sites excluding steroid dienone is 2. The maximum atomic E-state index is 12.4. The number of ether oxygens (including phenoxy) is 4. The molecule has 3 heterocycles. The van der Waals surface area contributed by atoms with Gasteiger partial charge in [-0.3, -0.25) is 9.59 Å². The Kier molecular flexibility index (Phi) is 12.4. The van der Waals surface area contributed by atoms with Gasteiger partial charge in [0.2, 0.25) is 5.91 Å². The third-order valence-electron chi connectivity index (χ3n) is 7.78. The highest BCUT2D eigenvalue weighted by atomic mass is 16.6. The Hall–Kier alpha value is -2.69. The van der Waals surface area contributed by atoms with Crippen LogP contribution >= 0.6 is 0 Å². The number of nitrogens with one attached hydrogen (secondary N) is 3. The lowest BCUT2D eigenvalue weighted by Gasteiger charge is -2.39. The predicted octanol–water partition coefficient (Wildman–Crippen LogP) is 3.71. The molecule has 3 amide bonds. The van der Waals surface area contributed by atoms with Gasteiger partial charge in [0, 0.05) is 38.9 Å². The number of amides is 3. The van der Waals surface area contributed by atoms with Crippen molar-refractivity contribution in [3.8, 4) is 0 Å². The molecule has 41 heavy (non-hydrogen) atoms. The summed E-state index contributed by atoms with van der Waals surface area (Å²) in [6, 6.07) is -0.254. The van der Waals surface area contributed by atoms with Crippen LogP contribution in [0.4, 0.5) is 4.79 Å². The van der Waals surface area contributed by atoms with E-state index in [1.165, 1.54) is 13.0 Å². The largest absolute Gasteiger partial charge is 0.459 e. The summed E-state index contributed by atoms with van der Waals surface area (Å²) in [7, 11) is 0. The van der Waals surface area contributed by atoms with E-state index in [0.717, 1.165) is 44.3 Å². The fraction of sp³-hybridized carbons (Fsp3) is 0.710. The van der Waals surface area contributed by atoms with E-state index in [1.54, 1.807) is 13.0 Å². The quantitative estimate of drug-likeness (QED) is 0.140. The summed E-state index contributed by atoms with van der Waals surface area (Å²) in [6.45, 7) is 13.1. The van der Waals surface area contributed by atoms with E-state index >= 15 is 0 Å². The van der Waals surface area contributed by atoms with Crippen molar-refractivity contribution in [2.75, 3.05) is 19.7 Å². The van der Waals surface area contributed by atoms with Crippen molar-refractivity contribution in [2.24, 2.45) is 5.92 Å². The van der Waals surface area contributed by atoms with Crippen molar-refractivity contribution in [1.29, 1.82) is 0 Å². The minimum absolute atomic E-state index is 0.0596. The van der Waals surface area contributed by atoms with E-state index < -0.39 is 6.10 Å². The zero-order chi connectivity index (χ0) is 30.0. The second kappa shape index (κ2) is 15.5. The van der Waals surface area contributed by atoms with Gasteiger partial charge < -0.3 is 34.9 Å². The van der Waals surface area contributed by atoms with Crippen LogP contribution in [-0.2, 0) is 28.5 Å². The SMILES string of the molecule is CCCNC(=O)NC[C@@H]1C[C@@]2(CO2)C[C@@H](/C=C/C(C)=C/C[C@@H]2O[C@H](C)[C@H](NC(=O)/C=C\[C@H](C)OC(C)=O)C[C@@H]2C)O1. The minimum atomic E-state index is -0.458. The van der Waals surface area contributed by atoms with Crippen molar-refractivity contribution >= 4 is 17.9 Å². The van der Waals surface area contributed by atoms with Crippen LogP contribution in [0.5, 0.6) is 0 Å². The molecule has 3 N–H and O–H groups in total. The second-order valence-electron chi connectivity index (χ2n) is 11.7. The van der Waals surface area contributed by atoms with Crippen LogP contribution in [0.2, 0.25) is 0 Å². The van der Waals surface area contributed by atoms with E-state index in [2.05, 4.69) is 48.0 Å². The maximum Gasteiger partial charge on any atom is 0.314 e. The van der Waals surface area contributed by atoms with Gasteiger partial charge in [-0.05, 0) is 52.0 Å². The van der Waals surface area contributed by atoms with E-state index in [9.17, 15) is 14.4 Å². The molecule has 0 unspecified atom stereocenters. The smallest absolute Gasteiger partial charge is 0.314 e. The van der Waals surface area contributed by atoms with Gasteiger partial charge >= 0.3 is 12.0 Å². The Morgan fingerprint density at radius 2 is 1.85 bits per heavy atom. The average Bonchev–Trinajstić information content (AvgIpc) is 3.66. The van der Waals surface area contributed by atoms with Gasteiger partial charge in [-0.1, -0.05) is 37.6 Å². The molecule has 3 saturated heterocycles. The highest BCUT2D eigenvalue weighted by Crippen LogP contribution is 2.42. The first kappa shape index (κ1) is 32.8. The molecule has 0 aromatic rings. The Labute approximate surface area is 244 Å². The Morgan fingerprint density at radius 1 is 1.10 bits per heavy atom. The second-order valence-corrected chi connectivity index (χ2v) is 11.7. The molecule has 0 saturated carbocycles. The molecular formula is C31H49N3O7. The van der Waals surface area contributed by atoms with Crippen LogP contribution in [0, 0.1) is 5.92 Å². The number of hydrogen-bond acceptors (Lipinski definition) is 7. The van der Waals surface area contributed by atoms with Crippen LogP contribution in [0.25, 0.3) is 0 Å². The first-order chi connectivity index (χ1) is 19.5. The number of carbonyl (C=O) groups excluding carboxylic acids is 3. The van der Waals surface area contributed by atoms with Crippen molar-refractivity contribution in [3.05, 3.63) is 36.0 Å². The van der Waals surface area contributed by atoms with E-state index in [4.69, 9.17) is 18.9 Å². The lowest BCUT2D eigenvalue weighted by atomic mass is 9.88. The Balaban J connectivity index is 1.45. The maximum absolute atomic E-state index is 12.4. The van der Waals surface area contributed by atoms with Crippen molar-refractivity contribution < 1.29 is 33.3 Å². The monoisotopic (exact) mass is 575 g/mol. The number of esters is 1. The molecule has 3 aliphatic heterocycles. The van der Waals surface area contributed by atoms with Crippen LogP contribution in [0.3, 0.4) is 0 Å². The van der Waals surface area contributed by atoms with Gasteiger partial charge in [-0.15, -0.1) is 0 Å². The van der Waals surface area contributed by atoms with Crippen molar-refractivity contribution in [3.63, 3.8) is 0 Å². The summed E-state index contributed by atoms with van der Waals surface area (Å²) in [5.41, 5.74) is 1.01. The number of hydrogen-bond donors (Lipinski definition) is 3. The Bertz CT molecular complexity index is 990. The van der Waals surface area contributed by atoms with Crippen LogP contribution in [0.15, 0.2) is 36.0 Å². The molecule has 0 radical (unpaired) electrons. The zero-order valence-electron chi connectivity index (χ0n) is 25.4. The number of epoxide rings is 1. The van der Waals surface area contributed by atoms with Gasteiger partial charge in [0.15, 0.2) is 0 Å². The summed E-state index contributed by atoms with van der Waals surface area (Å²) in [5, 5.41) is 8.76. The van der Waals surface area contributed by atoms with Crippen molar-refractivity contribution in [2.45, 2.75) is 116 Å². The van der Waals surface area contributed by atoms with Gasteiger partial charge in [0.05, 0.1) is 42.7 Å². The molecule has 1 spiro atoms. The number of rotatable bonds is 12. The fourth-order valence-electron chi connectivity index (χ4n) is 5.38.